The Kier molecular flexibility index (Phi) is 6.94. The molecule has 1 saturated carbocycles. The van der Waals surface area contributed by atoms with Crippen molar-refractivity contribution in [1.82, 2.24) is 14.9 Å². The topological polar surface area (TPSA) is 121 Å². The van der Waals surface area contributed by atoms with E-state index in [2.05, 4.69) is 15.3 Å². The Morgan fingerprint density at radius 3 is 2.52 bits per heavy atom. The minimum absolute atomic E-state index is 0.00650. The van der Waals surface area contributed by atoms with Crippen molar-refractivity contribution in [2.75, 3.05) is 5.32 Å². The molecular weight excluding hydrogens is 425 g/mol. The zero-order valence-electron chi connectivity index (χ0n) is 17.3. The summed E-state index contributed by atoms with van der Waals surface area (Å²) < 4.78 is 13.2. The monoisotopic (exact) mass is 449 g/mol. The number of carbonyl (C=O) groups is 3. The Bertz CT molecular complexity index is 985. The van der Waals surface area contributed by atoms with Crippen molar-refractivity contribution in [1.29, 1.82) is 0 Å². The fourth-order valence-corrected chi connectivity index (χ4v) is 4.24. The molecule has 0 aliphatic heterocycles. The highest BCUT2D eigenvalue weighted by Gasteiger charge is 2.35. The molecule has 1 aromatic heterocycles. The molecule has 0 unspecified atom stereocenters. The maximum Gasteiger partial charge on any atom is 0.275 e. The Labute approximate surface area is 184 Å². The molecule has 166 valence electrons. The molecule has 0 bridgehead atoms. The van der Waals surface area contributed by atoms with Gasteiger partial charge in [0.2, 0.25) is 5.91 Å². The van der Waals surface area contributed by atoms with Crippen LogP contribution < -0.4 is 11.1 Å². The quantitative estimate of drug-likeness (QED) is 0.626. The number of H-pyrrole nitrogens is 1. The van der Waals surface area contributed by atoms with Crippen LogP contribution in [-0.4, -0.2) is 44.7 Å². The van der Waals surface area contributed by atoms with Gasteiger partial charge in [0.1, 0.15) is 11.5 Å². The molecular formula is C21H25ClFN5O3. The van der Waals surface area contributed by atoms with Crippen molar-refractivity contribution in [3.05, 3.63) is 46.8 Å². The summed E-state index contributed by atoms with van der Waals surface area (Å²) in [6.07, 6.45) is 3.67. The fraction of sp³-hybridized carbons (Fsp3) is 0.429. The number of carbonyl (C=O) groups excluding carboxylic acids is 3. The van der Waals surface area contributed by atoms with Crippen LogP contribution in [0.4, 0.5) is 10.1 Å². The number of benzene rings is 1. The third kappa shape index (κ3) is 5.04. The molecule has 2 aromatic rings. The van der Waals surface area contributed by atoms with Crippen LogP contribution in [0.1, 0.15) is 60.5 Å². The standard InChI is InChI=1S/C21H25ClFN5O3/c1-11(2)28(21(31)18-17(19(24)29)25-10-26-18)14-6-3-12(4-7-14)20(30)27-16-8-5-13(23)9-15(16)22/h5,8-12,14H,3-4,6-7H2,1-2H3,(H2,24,29)(H,25,26)(H,27,30)/t12-,14-. The van der Waals surface area contributed by atoms with E-state index in [0.717, 1.165) is 6.07 Å². The number of anilines is 1. The van der Waals surface area contributed by atoms with Crippen molar-refractivity contribution < 1.29 is 18.8 Å². The van der Waals surface area contributed by atoms with Crippen LogP contribution in [0, 0.1) is 11.7 Å². The molecule has 0 saturated heterocycles. The average molecular weight is 450 g/mol. The number of hydrogen-bond acceptors (Lipinski definition) is 4. The van der Waals surface area contributed by atoms with Crippen LogP contribution in [0.25, 0.3) is 0 Å². The van der Waals surface area contributed by atoms with Crippen LogP contribution in [0.2, 0.25) is 5.02 Å². The van der Waals surface area contributed by atoms with E-state index in [1.807, 2.05) is 13.8 Å². The highest BCUT2D eigenvalue weighted by atomic mass is 35.5. The number of hydrogen-bond donors (Lipinski definition) is 3. The number of rotatable bonds is 6. The van der Waals surface area contributed by atoms with Gasteiger partial charge in [-0.1, -0.05) is 11.6 Å². The second-order valence-electron chi connectivity index (χ2n) is 7.92. The summed E-state index contributed by atoms with van der Waals surface area (Å²) in [5, 5.41) is 2.90. The molecule has 1 fully saturated rings. The van der Waals surface area contributed by atoms with Gasteiger partial charge >= 0.3 is 0 Å². The molecule has 8 nitrogen and oxygen atoms in total. The molecule has 0 radical (unpaired) electrons. The number of nitrogens with two attached hydrogens (primary N) is 1. The smallest absolute Gasteiger partial charge is 0.275 e. The molecule has 1 aromatic carbocycles. The van der Waals surface area contributed by atoms with Crippen molar-refractivity contribution in [3.8, 4) is 0 Å². The minimum atomic E-state index is -0.746. The number of imidazole rings is 1. The molecule has 0 atom stereocenters. The van der Waals surface area contributed by atoms with E-state index in [4.69, 9.17) is 17.3 Å². The number of nitrogens with zero attached hydrogens (tertiary/aromatic N) is 2. The number of nitrogens with one attached hydrogen (secondary N) is 2. The first-order valence-corrected chi connectivity index (χ1v) is 10.5. The van der Waals surface area contributed by atoms with Gasteiger partial charge in [-0.2, -0.15) is 0 Å². The Hall–Kier alpha value is -2.94. The van der Waals surface area contributed by atoms with Crippen LogP contribution in [-0.2, 0) is 4.79 Å². The van der Waals surface area contributed by atoms with Gasteiger partial charge < -0.3 is 20.9 Å². The summed E-state index contributed by atoms with van der Waals surface area (Å²) in [4.78, 5) is 45.6. The lowest BCUT2D eigenvalue weighted by Gasteiger charge is -2.38. The predicted octanol–water partition coefficient (Wildman–Crippen LogP) is 3.35. The van der Waals surface area contributed by atoms with Gasteiger partial charge in [-0.05, 0) is 57.7 Å². The maximum atomic E-state index is 13.2. The van der Waals surface area contributed by atoms with Crippen LogP contribution >= 0.6 is 11.6 Å². The van der Waals surface area contributed by atoms with E-state index in [9.17, 15) is 18.8 Å². The van der Waals surface area contributed by atoms with Crippen molar-refractivity contribution in [2.24, 2.45) is 11.7 Å². The number of primary amides is 1. The summed E-state index contributed by atoms with van der Waals surface area (Å²) in [6.45, 7) is 3.79. The summed E-state index contributed by atoms with van der Waals surface area (Å²) in [5.41, 5.74) is 5.69. The Balaban J connectivity index is 1.66. The van der Waals surface area contributed by atoms with Gasteiger partial charge in [-0.3, -0.25) is 14.4 Å². The second kappa shape index (κ2) is 9.47. The fourth-order valence-electron chi connectivity index (χ4n) is 4.03. The summed E-state index contributed by atoms with van der Waals surface area (Å²) in [5.74, 6) is -2.01. The summed E-state index contributed by atoms with van der Waals surface area (Å²) >= 11 is 5.99. The first kappa shape index (κ1) is 22.7. The predicted molar refractivity (Wildman–Crippen MR) is 114 cm³/mol. The number of aromatic amines is 1. The lowest BCUT2D eigenvalue weighted by atomic mass is 9.84. The Morgan fingerprint density at radius 2 is 1.94 bits per heavy atom. The number of aromatic nitrogens is 2. The summed E-state index contributed by atoms with van der Waals surface area (Å²) in [6, 6.07) is 3.59. The molecule has 3 amide bonds. The van der Waals surface area contributed by atoms with Gasteiger partial charge in [0.25, 0.3) is 11.8 Å². The number of amides is 3. The highest BCUT2D eigenvalue weighted by Crippen LogP contribution is 2.31. The molecule has 4 N–H and O–H groups in total. The van der Waals surface area contributed by atoms with Crippen LogP contribution in [0.15, 0.2) is 24.5 Å². The average Bonchev–Trinajstić information content (AvgIpc) is 3.21. The molecule has 1 aliphatic carbocycles. The lowest BCUT2D eigenvalue weighted by Crippen LogP contribution is -2.47. The maximum absolute atomic E-state index is 13.2. The normalized spacial score (nSPS) is 18.6. The highest BCUT2D eigenvalue weighted by molar-refractivity contribution is 6.33. The molecule has 1 heterocycles. The van der Waals surface area contributed by atoms with Gasteiger partial charge in [-0.25, -0.2) is 9.37 Å². The van der Waals surface area contributed by atoms with Gasteiger partial charge in [0.15, 0.2) is 5.69 Å². The van der Waals surface area contributed by atoms with E-state index in [1.54, 1.807) is 4.90 Å². The number of halogens is 2. The molecule has 31 heavy (non-hydrogen) atoms. The molecule has 3 rings (SSSR count). The van der Waals surface area contributed by atoms with Crippen molar-refractivity contribution >= 4 is 35.0 Å². The van der Waals surface area contributed by atoms with E-state index in [0.29, 0.717) is 31.4 Å². The SMILES string of the molecule is CC(C)N(C(=O)c1nc[nH]c1C(N)=O)[C@H]1CC[C@H](C(=O)Nc2ccc(F)cc2Cl)CC1. The first-order chi connectivity index (χ1) is 14.7. The van der Waals surface area contributed by atoms with Crippen LogP contribution in [0.3, 0.4) is 0 Å². The van der Waals surface area contributed by atoms with E-state index < -0.39 is 11.7 Å². The third-order valence-electron chi connectivity index (χ3n) is 5.53. The van der Waals surface area contributed by atoms with Crippen LogP contribution in [0.5, 0.6) is 0 Å². The van der Waals surface area contributed by atoms with Gasteiger partial charge in [0, 0.05) is 18.0 Å². The minimum Gasteiger partial charge on any atom is -0.364 e. The molecule has 10 heteroatoms. The molecule has 1 aliphatic rings. The van der Waals surface area contributed by atoms with E-state index in [1.165, 1.54) is 18.5 Å². The Morgan fingerprint density at radius 1 is 1.26 bits per heavy atom. The van der Waals surface area contributed by atoms with Gasteiger partial charge in [-0.15, -0.1) is 0 Å². The van der Waals surface area contributed by atoms with Crippen molar-refractivity contribution in [3.63, 3.8) is 0 Å². The van der Waals surface area contributed by atoms with E-state index >= 15 is 0 Å². The van der Waals surface area contributed by atoms with Crippen molar-refractivity contribution in [2.45, 2.75) is 51.6 Å². The van der Waals surface area contributed by atoms with E-state index in [-0.39, 0.29) is 46.2 Å². The zero-order chi connectivity index (χ0) is 22.7. The summed E-state index contributed by atoms with van der Waals surface area (Å²) in [7, 11) is 0. The van der Waals surface area contributed by atoms with Gasteiger partial charge in [0.05, 0.1) is 17.0 Å². The largest absolute Gasteiger partial charge is 0.364 e. The third-order valence-corrected chi connectivity index (χ3v) is 5.84. The zero-order valence-corrected chi connectivity index (χ0v) is 18.1. The first-order valence-electron chi connectivity index (χ1n) is 10.1. The lowest BCUT2D eigenvalue weighted by molar-refractivity contribution is -0.121. The molecule has 0 spiro atoms. The second-order valence-corrected chi connectivity index (χ2v) is 8.32.